The maximum Gasteiger partial charge on any atom is 0.323 e. The van der Waals surface area contributed by atoms with Gasteiger partial charge in [-0.05, 0) is 25.8 Å². The van der Waals surface area contributed by atoms with Crippen LogP contribution in [0.4, 0.5) is 0 Å². The van der Waals surface area contributed by atoms with Crippen molar-refractivity contribution in [2.75, 3.05) is 19.8 Å². The number of hydrogen-bond acceptors (Lipinski definition) is 6. The van der Waals surface area contributed by atoms with Crippen LogP contribution in [0.25, 0.3) is 0 Å². The van der Waals surface area contributed by atoms with Crippen LogP contribution in [0.1, 0.15) is 38.3 Å². The van der Waals surface area contributed by atoms with E-state index in [0.717, 1.165) is 5.56 Å². The summed E-state index contributed by atoms with van der Waals surface area (Å²) in [6.07, 6.45) is 0.310. The van der Waals surface area contributed by atoms with E-state index in [0.29, 0.717) is 6.42 Å². The highest BCUT2D eigenvalue weighted by Gasteiger charge is 2.27. The summed E-state index contributed by atoms with van der Waals surface area (Å²) in [5.41, 5.74) is 0.930. The maximum atomic E-state index is 12.1. The second-order valence-corrected chi connectivity index (χ2v) is 4.96. The first-order valence-corrected chi connectivity index (χ1v) is 7.86. The summed E-state index contributed by atoms with van der Waals surface area (Å²) < 4.78 is 9.94. The average Bonchev–Trinajstić information content (AvgIpc) is 2.55. The molecule has 2 atom stereocenters. The number of aliphatic hydroxyl groups is 1. The summed E-state index contributed by atoms with van der Waals surface area (Å²) in [7, 11) is 0. The number of esters is 2. The molecule has 0 aliphatic carbocycles. The lowest BCUT2D eigenvalue weighted by Crippen LogP contribution is -2.42. The number of ether oxygens (including phenoxy) is 2. The van der Waals surface area contributed by atoms with Crippen LogP contribution in [-0.4, -0.2) is 42.9 Å². The van der Waals surface area contributed by atoms with Crippen molar-refractivity contribution in [3.63, 3.8) is 0 Å². The Morgan fingerprint density at radius 2 is 1.78 bits per heavy atom. The molecule has 6 nitrogen and oxygen atoms in total. The largest absolute Gasteiger partial charge is 0.466 e. The third-order valence-corrected chi connectivity index (χ3v) is 3.27. The summed E-state index contributed by atoms with van der Waals surface area (Å²) in [5.74, 6) is -0.965. The van der Waals surface area contributed by atoms with E-state index in [9.17, 15) is 14.7 Å². The van der Waals surface area contributed by atoms with E-state index in [2.05, 4.69) is 5.32 Å². The lowest BCUT2D eigenvalue weighted by molar-refractivity contribution is -0.152. The normalized spacial score (nSPS) is 13.2. The molecule has 1 aromatic carbocycles. The zero-order chi connectivity index (χ0) is 17.1. The Bertz CT molecular complexity index is 477. The molecule has 0 aliphatic heterocycles. The molecule has 0 heterocycles. The molecule has 0 saturated carbocycles. The molecule has 0 saturated heterocycles. The Kier molecular flexibility index (Phi) is 8.94. The number of nitrogens with one attached hydrogen (secondary N) is 1. The molecule has 1 rings (SSSR count). The minimum atomic E-state index is -0.814. The van der Waals surface area contributed by atoms with Gasteiger partial charge in [0, 0.05) is 12.6 Å². The van der Waals surface area contributed by atoms with Crippen molar-refractivity contribution < 1.29 is 24.2 Å². The van der Waals surface area contributed by atoms with Crippen LogP contribution in [0.5, 0.6) is 0 Å². The molecule has 2 N–H and O–H groups in total. The molecule has 0 amide bonds. The van der Waals surface area contributed by atoms with Gasteiger partial charge in [-0.1, -0.05) is 30.3 Å². The highest BCUT2D eigenvalue weighted by Crippen LogP contribution is 2.18. The van der Waals surface area contributed by atoms with E-state index in [4.69, 9.17) is 9.47 Å². The van der Waals surface area contributed by atoms with Gasteiger partial charge in [0.25, 0.3) is 0 Å². The summed E-state index contributed by atoms with van der Waals surface area (Å²) >= 11 is 0. The van der Waals surface area contributed by atoms with Gasteiger partial charge in [-0.3, -0.25) is 14.9 Å². The van der Waals surface area contributed by atoms with E-state index in [-0.39, 0.29) is 32.3 Å². The van der Waals surface area contributed by atoms with Crippen LogP contribution in [-0.2, 0) is 19.1 Å². The lowest BCUT2D eigenvalue weighted by atomic mass is 10.0. The zero-order valence-electron chi connectivity index (χ0n) is 13.7. The van der Waals surface area contributed by atoms with Crippen molar-refractivity contribution in [3.8, 4) is 0 Å². The first kappa shape index (κ1) is 19.1. The van der Waals surface area contributed by atoms with Crippen molar-refractivity contribution in [2.24, 2.45) is 0 Å². The molecule has 23 heavy (non-hydrogen) atoms. The first-order valence-electron chi connectivity index (χ1n) is 7.86. The molecule has 0 aromatic heterocycles. The quantitative estimate of drug-likeness (QED) is 0.502. The van der Waals surface area contributed by atoms with E-state index < -0.39 is 18.0 Å². The fraction of sp³-hybridized carbons (Fsp3) is 0.529. The molecule has 1 aromatic rings. The van der Waals surface area contributed by atoms with Gasteiger partial charge >= 0.3 is 11.9 Å². The number of rotatable bonds is 10. The number of aliphatic hydroxyl groups excluding tert-OH is 1. The molecular weight excluding hydrogens is 299 g/mol. The van der Waals surface area contributed by atoms with E-state index in [1.807, 2.05) is 30.3 Å². The topological polar surface area (TPSA) is 84.9 Å². The molecule has 0 aliphatic rings. The molecule has 0 unspecified atom stereocenters. The van der Waals surface area contributed by atoms with Crippen molar-refractivity contribution in [2.45, 2.75) is 38.8 Å². The molecule has 0 radical (unpaired) electrons. The Morgan fingerprint density at radius 3 is 2.35 bits per heavy atom. The molecule has 6 heteroatoms. The van der Waals surface area contributed by atoms with Gasteiger partial charge in [0.2, 0.25) is 0 Å². The minimum Gasteiger partial charge on any atom is -0.466 e. The van der Waals surface area contributed by atoms with Crippen LogP contribution < -0.4 is 5.32 Å². The lowest BCUT2D eigenvalue weighted by Gasteiger charge is -2.24. The standard InChI is InChI=1S/C17H25NO5/c1-3-22-16(20)12-15(17(21)23-4-2)18-14(10-11-19)13-8-6-5-7-9-13/h5-9,14-15,18-19H,3-4,10-12H2,1-2H3/t14-,15-/m0/s1/i15+1. The van der Waals surface area contributed by atoms with Gasteiger partial charge in [0.1, 0.15) is 6.04 Å². The van der Waals surface area contributed by atoms with Crippen molar-refractivity contribution in [1.29, 1.82) is 0 Å². The zero-order valence-corrected chi connectivity index (χ0v) is 13.7. The number of carbonyl (C=O) groups is 2. The van der Waals surface area contributed by atoms with Crippen LogP contribution >= 0.6 is 0 Å². The molecular formula is C17H25NO5. The molecule has 0 bridgehead atoms. The Hall–Kier alpha value is -1.92. The van der Waals surface area contributed by atoms with Crippen LogP contribution in [0, 0.1) is 0 Å². The van der Waals surface area contributed by atoms with Gasteiger partial charge in [0.05, 0.1) is 19.6 Å². The third kappa shape index (κ3) is 6.80. The predicted octanol–water partition coefficient (Wildman–Crippen LogP) is 1.58. The molecule has 128 valence electrons. The number of carbonyl (C=O) groups excluding carboxylic acids is 2. The van der Waals surface area contributed by atoms with Crippen molar-refractivity contribution >= 4 is 11.9 Å². The van der Waals surface area contributed by atoms with Crippen molar-refractivity contribution in [3.05, 3.63) is 35.9 Å². The smallest absolute Gasteiger partial charge is 0.323 e. The average molecular weight is 324 g/mol. The second-order valence-electron chi connectivity index (χ2n) is 4.96. The van der Waals surface area contributed by atoms with Crippen molar-refractivity contribution in [1.82, 2.24) is 5.32 Å². The van der Waals surface area contributed by atoms with Crippen LogP contribution in [0.2, 0.25) is 0 Å². The fourth-order valence-corrected chi connectivity index (χ4v) is 2.24. The summed E-state index contributed by atoms with van der Waals surface area (Å²) in [6.45, 7) is 3.87. The van der Waals surface area contributed by atoms with Gasteiger partial charge in [-0.25, -0.2) is 0 Å². The van der Waals surface area contributed by atoms with Crippen LogP contribution in [0.15, 0.2) is 30.3 Å². The summed E-state index contributed by atoms with van der Waals surface area (Å²) in [5, 5.41) is 12.4. The second kappa shape index (κ2) is 10.7. The third-order valence-electron chi connectivity index (χ3n) is 3.27. The first-order chi connectivity index (χ1) is 11.1. The maximum absolute atomic E-state index is 12.1. The van der Waals surface area contributed by atoms with Crippen LogP contribution in [0.3, 0.4) is 0 Å². The van der Waals surface area contributed by atoms with E-state index in [1.54, 1.807) is 13.8 Å². The Labute approximate surface area is 136 Å². The van der Waals surface area contributed by atoms with E-state index in [1.165, 1.54) is 0 Å². The van der Waals surface area contributed by atoms with Gasteiger partial charge in [-0.2, -0.15) is 0 Å². The van der Waals surface area contributed by atoms with Gasteiger partial charge in [0.15, 0.2) is 0 Å². The Balaban J connectivity index is 2.86. The molecule has 0 spiro atoms. The van der Waals surface area contributed by atoms with Gasteiger partial charge in [-0.15, -0.1) is 0 Å². The summed E-state index contributed by atoms with van der Waals surface area (Å²) in [4.78, 5) is 23.8. The predicted molar refractivity (Wildman–Crippen MR) is 85.7 cm³/mol. The molecule has 0 fully saturated rings. The number of benzene rings is 1. The highest BCUT2D eigenvalue weighted by atomic mass is 16.5. The fourth-order valence-electron chi connectivity index (χ4n) is 2.24. The monoisotopic (exact) mass is 324 g/mol. The van der Waals surface area contributed by atoms with Gasteiger partial charge < -0.3 is 14.6 Å². The summed E-state index contributed by atoms with van der Waals surface area (Å²) in [6, 6.07) is 8.38. The van der Waals surface area contributed by atoms with E-state index >= 15 is 0 Å². The highest BCUT2D eigenvalue weighted by molar-refractivity contribution is 5.82. The minimum absolute atomic E-state index is 0.0402. The Morgan fingerprint density at radius 1 is 1.13 bits per heavy atom. The number of hydrogen-bond donors (Lipinski definition) is 2. The SMILES string of the molecule is CCOC(=O)C[13C@H](N[C@@H](CCO)c1ccccc1)C(=O)OCC.